The fourth-order valence-electron chi connectivity index (χ4n) is 1.83. The molecular formula is C16H17NO. The van der Waals surface area contributed by atoms with Crippen molar-refractivity contribution in [1.82, 2.24) is 0 Å². The van der Waals surface area contributed by atoms with Crippen LogP contribution < -0.4 is 4.74 Å². The molecule has 2 rings (SSSR count). The topological polar surface area (TPSA) is 21.6 Å². The molecule has 2 nitrogen and oxygen atoms in total. The maximum absolute atomic E-state index is 5.66. The molecule has 0 bridgehead atoms. The summed E-state index contributed by atoms with van der Waals surface area (Å²) in [5.74, 6) is 0.873. The number of aliphatic imine (C=N–C) groups is 1. The average Bonchev–Trinajstić information content (AvgIpc) is 2.35. The molecule has 0 spiro atoms. The van der Waals surface area contributed by atoms with Gasteiger partial charge in [-0.3, -0.25) is 4.99 Å². The SMILES string of the molecule is C=CCOc1cccc2ccc(N=C(C)C)cc12. The molecule has 0 aliphatic heterocycles. The minimum Gasteiger partial charge on any atom is -0.489 e. The Balaban J connectivity index is 2.51. The van der Waals surface area contributed by atoms with Crippen LogP contribution in [0.3, 0.4) is 0 Å². The zero-order chi connectivity index (χ0) is 13.0. The second kappa shape index (κ2) is 5.50. The van der Waals surface area contributed by atoms with Crippen LogP contribution in [0.15, 0.2) is 54.0 Å². The molecule has 0 atom stereocenters. The molecule has 2 aromatic carbocycles. The van der Waals surface area contributed by atoms with Crippen LogP contribution in [-0.4, -0.2) is 12.3 Å². The molecule has 0 heterocycles. The standard InChI is InChI=1S/C16H17NO/c1-4-10-18-16-7-5-6-13-8-9-14(11-15(13)16)17-12(2)3/h4-9,11H,1,10H2,2-3H3. The average molecular weight is 239 g/mol. The summed E-state index contributed by atoms with van der Waals surface area (Å²) in [4.78, 5) is 4.47. The van der Waals surface area contributed by atoms with E-state index < -0.39 is 0 Å². The van der Waals surface area contributed by atoms with E-state index in [9.17, 15) is 0 Å². The summed E-state index contributed by atoms with van der Waals surface area (Å²) in [6.45, 7) is 8.16. The zero-order valence-electron chi connectivity index (χ0n) is 10.8. The van der Waals surface area contributed by atoms with E-state index in [0.29, 0.717) is 6.61 Å². The molecule has 0 saturated heterocycles. The Morgan fingerprint density at radius 3 is 2.83 bits per heavy atom. The highest BCUT2D eigenvalue weighted by atomic mass is 16.5. The maximum atomic E-state index is 5.66. The van der Waals surface area contributed by atoms with Crippen molar-refractivity contribution >= 4 is 22.2 Å². The first-order valence-electron chi connectivity index (χ1n) is 5.99. The second-order valence-electron chi connectivity index (χ2n) is 4.32. The first-order chi connectivity index (χ1) is 8.70. The molecule has 0 amide bonds. The molecule has 0 saturated carbocycles. The van der Waals surface area contributed by atoms with Crippen LogP contribution in [0, 0.1) is 0 Å². The summed E-state index contributed by atoms with van der Waals surface area (Å²) in [6.07, 6.45) is 1.75. The lowest BCUT2D eigenvalue weighted by Crippen LogP contribution is -1.93. The number of nitrogens with zero attached hydrogens (tertiary/aromatic N) is 1. The van der Waals surface area contributed by atoms with E-state index in [4.69, 9.17) is 4.74 Å². The minimum absolute atomic E-state index is 0.513. The third kappa shape index (κ3) is 2.77. The number of hydrogen-bond donors (Lipinski definition) is 0. The molecule has 92 valence electrons. The van der Waals surface area contributed by atoms with E-state index in [-0.39, 0.29) is 0 Å². The van der Waals surface area contributed by atoms with Crippen LogP contribution in [0.25, 0.3) is 10.8 Å². The van der Waals surface area contributed by atoms with Gasteiger partial charge in [0.25, 0.3) is 0 Å². The predicted octanol–water partition coefficient (Wildman–Crippen LogP) is 4.52. The van der Waals surface area contributed by atoms with Crippen molar-refractivity contribution in [3.8, 4) is 5.75 Å². The quantitative estimate of drug-likeness (QED) is 0.568. The molecule has 0 aromatic heterocycles. The van der Waals surface area contributed by atoms with Crippen molar-refractivity contribution in [1.29, 1.82) is 0 Å². The first-order valence-corrected chi connectivity index (χ1v) is 5.99. The van der Waals surface area contributed by atoms with Gasteiger partial charge >= 0.3 is 0 Å². The van der Waals surface area contributed by atoms with Gasteiger partial charge in [0.15, 0.2) is 0 Å². The summed E-state index contributed by atoms with van der Waals surface area (Å²) in [5, 5.41) is 2.24. The molecule has 0 unspecified atom stereocenters. The highest BCUT2D eigenvalue weighted by molar-refractivity contribution is 5.92. The van der Waals surface area contributed by atoms with E-state index in [0.717, 1.165) is 27.9 Å². The molecule has 0 aliphatic carbocycles. The second-order valence-corrected chi connectivity index (χ2v) is 4.32. The van der Waals surface area contributed by atoms with Crippen LogP contribution in [-0.2, 0) is 0 Å². The van der Waals surface area contributed by atoms with Crippen molar-refractivity contribution in [2.75, 3.05) is 6.61 Å². The Hall–Kier alpha value is -2.09. The Morgan fingerprint density at radius 1 is 1.28 bits per heavy atom. The van der Waals surface area contributed by atoms with Crippen LogP contribution >= 0.6 is 0 Å². The minimum atomic E-state index is 0.513. The van der Waals surface area contributed by atoms with E-state index in [1.165, 1.54) is 0 Å². The number of ether oxygens (including phenoxy) is 1. The van der Waals surface area contributed by atoms with E-state index in [1.807, 2.05) is 32.0 Å². The van der Waals surface area contributed by atoms with Crippen LogP contribution in [0.1, 0.15) is 13.8 Å². The van der Waals surface area contributed by atoms with Gasteiger partial charge in [0.2, 0.25) is 0 Å². The fraction of sp³-hybridized carbons (Fsp3) is 0.188. The van der Waals surface area contributed by atoms with Crippen molar-refractivity contribution in [3.63, 3.8) is 0 Å². The molecule has 0 fully saturated rings. The van der Waals surface area contributed by atoms with Gasteiger partial charge in [-0.25, -0.2) is 0 Å². The summed E-state index contributed by atoms with van der Waals surface area (Å²) >= 11 is 0. The maximum Gasteiger partial charge on any atom is 0.127 e. The van der Waals surface area contributed by atoms with Gasteiger partial charge in [-0.2, -0.15) is 0 Å². The van der Waals surface area contributed by atoms with Gasteiger partial charge < -0.3 is 4.74 Å². The lowest BCUT2D eigenvalue weighted by Gasteiger charge is -2.08. The summed E-state index contributed by atoms with van der Waals surface area (Å²) in [6, 6.07) is 12.2. The van der Waals surface area contributed by atoms with E-state index in [2.05, 4.69) is 29.8 Å². The van der Waals surface area contributed by atoms with Crippen LogP contribution in [0.5, 0.6) is 5.75 Å². The molecule has 18 heavy (non-hydrogen) atoms. The lowest BCUT2D eigenvalue weighted by atomic mass is 10.1. The van der Waals surface area contributed by atoms with Gasteiger partial charge in [0, 0.05) is 11.1 Å². The van der Waals surface area contributed by atoms with Crippen LogP contribution in [0.4, 0.5) is 5.69 Å². The van der Waals surface area contributed by atoms with E-state index >= 15 is 0 Å². The number of rotatable bonds is 4. The fourth-order valence-corrected chi connectivity index (χ4v) is 1.83. The highest BCUT2D eigenvalue weighted by Crippen LogP contribution is 2.29. The van der Waals surface area contributed by atoms with Gasteiger partial charge in [-0.15, -0.1) is 0 Å². The van der Waals surface area contributed by atoms with Crippen molar-refractivity contribution in [2.45, 2.75) is 13.8 Å². The molecule has 0 radical (unpaired) electrons. The van der Waals surface area contributed by atoms with Gasteiger partial charge in [-0.1, -0.05) is 30.9 Å². The molecule has 2 heteroatoms. The highest BCUT2D eigenvalue weighted by Gasteiger charge is 2.02. The van der Waals surface area contributed by atoms with Crippen molar-refractivity contribution < 1.29 is 4.74 Å². The smallest absolute Gasteiger partial charge is 0.127 e. The Labute approximate surface area is 108 Å². The number of hydrogen-bond acceptors (Lipinski definition) is 2. The normalized spacial score (nSPS) is 10.1. The first kappa shape index (κ1) is 12.4. The number of benzene rings is 2. The number of fused-ring (bicyclic) bond motifs is 1. The van der Waals surface area contributed by atoms with Gasteiger partial charge in [0.1, 0.15) is 12.4 Å². The Morgan fingerprint density at radius 2 is 2.11 bits per heavy atom. The monoisotopic (exact) mass is 239 g/mol. The van der Waals surface area contributed by atoms with Gasteiger partial charge in [0.05, 0.1) is 5.69 Å². The summed E-state index contributed by atoms with van der Waals surface area (Å²) < 4.78 is 5.66. The van der Waals surface area contributed by atoms with Crippen molar-refractivity contribution in [3.05, 3.63) is 49.1 Å². The van der Waals surface area contributed by atoms with Gasteiger partial charge in [-0.05, 0) is 37.4 Å². The Bertz CT molecular complexity index is 595. The molecule has 2 aromatic rings. The lowest BCUT2D eigenvalue weighted by molar-refractivity contribution is 0.367. The Kier molecular flexibility index (Phi) is 3.78. The molecular weight excluding hydrogens is 222 g/mol. The summed E-state index contributed by atoms with van der Waals surface area (Å²) in [5.41, 5.74) is 2.00. The summed E-state index contributed by atoms with van der Waals surface area (Å²) in [7, 11) is 0. The van der Waals surface area contributed by atoms with Crippen molar-refractivity contribution in [2.24, 2.45) is 4.99 Å². The van der Waals surface area contributed by atoms with Crippen LogP contribution in [0.2, 0.25) is 0 Å². The predicted molar refractivity (Wildman–Crippen MR) is 78.1 cm³/mol. The molecule has 0 N–H and O–H groups in total. The molecule has 0 aliphatic rings. The third-order valence-electron chi connectivity index (χ3n) is 2.54. The van der Waals surface area contributed by atoms with E-state index in [1.54, 1.807) is 6.08 Å². The zero-order valence-corrected chi connectivity index (χ0v) is 10.8. The third-order valence-corrected chi connectivity index (χ3v) is 2.54. The largest absolute Gasteiger partial charge is 0.489 e.